The molecule has 2 N–H and O–H groups in total. The Morgan fingerprint density at radius 3 is 2.43 bits per heavy atom. The third kappa shape index (κ3) is 4.94. The number of carbonyl (C=O) groups is 1. The van der Waals surface area contributed by atoms with Crippen molar-refractivity contribution in [2.75, 3.05) is 37.6 Å². The maximum atomic E-state index is 11.7. The van der Waals surface area contributed by atoms with E-state index in [0.717, 1.165) is 61.4 Å². The molecule has 7 nitrogen and oxygen atoms in total. The number of piperazine rings is 1. The Kier molecular flexibility index (Phi) is 7.87. The first-order valence-corrected chi connectivity index (χ1v) is 12.1. The van der Waals surface area contributed by atoms with Gasteiger partial charge in [0.05, 0.1) is 16.6 Å². The van der Waals surface area contributed by atoms with Gasteiger partial charge < -0.3 is 10.6 Å². The van der Waals surface area contributed by atoms with Gasteiger partial charge in [0, 0.05) is 54.9 Å². The Labute approximate surface area is 228 Å². The van der Waals surface area contributed by atoms with Crippen LogP contribution in [0.5, 0.6) is 0 Å². The zero-order chi connectivity index (χ0) is 23.9. The molecule has 192 valence electrons. The molecule has 37 heavy (non-hydrogen) atoms. The smallest absolute Gasteiger partial charge is 0.269 e. The summed E-state index contributed by atoms with van der Waals surface area (Å²) < 4.78 is 1.96. The largest absolute Gasteiger partial charge is 0.368 e. The summed E-state index contributed by atoms with van der Waals surface area (Å²) in [6.07, 6.45) is 2.66. The Morgan fingerprint density at radius 1 is 0.892 bits per heavy atom. The number of pyridine rings is 2. The van der Waals surface area contributed by atoms with Crippen LogP contribution in [-0.4, -0.2) is 57.9 Å². The van der Waals surface area contributed by atoms with Crippen LogP contribution >= 0.6 is 24.8 Å². The first kappa shape index (κ1) is 26.7. The minimum atomic E-state index is -0.503. The standard InChI is InChI=1S/C28H28N6O.2ClH/c1-19-8-9-22-23(31-19)5-3-6-24(22)33-16-14-32(15-17-33)13-12-20-4-2-7-25-21(20)10-11-26-27(28(29)35)30-18-34(25)26;;/h2-11,18H,12-17H2,1H3,(H2,29,35);2*1H. The Balaban J connectivity index is 0.00000160. The molecule has 2 aromatic carbocycles. The number of aryl methyl sites for hydroxylation is 1. The van der Waals surface area contributed by atoms with E-state index in [0.29, 0.717) is 5.69 Å². The quantitative estimate of drug-likeness (QED) is 0.353. The number of hydrogen-bond acceptors (Lipinski definition) is 5. The number of carbonyl (C=O) groups excluding carboxylic acids is 1. The number of imidazole rings is 1. The molecule has 0 spiro atoms. The normalized spacial score (nSPS) is 14.0. The zero-order valence-corrected chi connectivity index (χ0v) is 22.3. The van der Waals surface area contributed by atoms with Crippen molar-refractivity contribution in [3.63, 3.8) is 0 Å². The van der Waals surface area contributed by atoms with Crippen LogP contribution < -0.4 is 10.6 Å². The molecule has 0 radical (unpaired) electrons. The highest BCUT2D eigenvalue weighted by molar-refractivity contribution is 5.99. The summed E-state index contributed by atoms with van der Waals surface area (Å²) in [7, 11) is 0. The zero-order valence-electron chi connectivity index (χ0n) is 20.6. The minimum Gasteiger partial charge on any atom is -0.368 e. The van der Waals surface area contributed by atoms with Crippen molar-refractivity contribution in [1.29, 1.82) is 0 Å². The van der Waals surface area contributed by atoms with E-state index in [4.69, 9.17) is 10.7 Å². The number of rotatable bonds is 5. The molecule has 1 amide bonds. The van der Waals surface area contributed by atoms with E-state index >= 15 is 0 Å². The van der Waals surface area contributed by atoms with Gasteiger partial charge in [-0.2, -0.15) is 0 Å². The Hall–Kier alpha value is -3.39. The van der Waals surface area contributed by atoms with E-state index in [-0.39, 0.29) is 24.8 Å². The second-order valence-corrected chi connectivity index (χ2v) is 9.27. The van der Waals surface area contributed by atoms with Crippen LogP contribution in [0.2, 0.25) is 0 Å². The number of primary amides is 1. The number of anilines is 1. The molecule has 5 aromatic rings. The summed E-state index contributed by atoms with van der Waals surface area (Å²) in [4.78, 5) is 25.6. The highest BCUT2D eigenvalue weighted by Crippen LogP contribution is 2.27. The van der Waals surface area contributed by atoms with E-state index in [1.54, 1.807) is 6.33 Å². The van der Waals surface area contributed by atoms with Gasteiger partial charge in [-0.05, 0) is 55.3 Å². The van der Waals surface area contributed by atoms with Crippen LogP contribution in [0.1, 0.15) is 21.7 Å². The van der Waals surface area contributed by atoms with Gasteiger partial charge in [-0.15, -0.1) is 24.8 Å². The molecule has 0 saturated carbocycles. The highest BCUT2D eigenvalue weighted by atomic mass is 35.5. The van der Waals surface area contributed by atoms with Crippen LogP contribution in [0.25, 0.3) is 27.3 Å². The number of fused-ring (bicyclic) bond motifs is 4. The summed E-state index contributed by atoms with van der Waals surface area (Å²) in [6.45, 7) is 7.14. The van der Waals surface area contributed by atoms with Gasteiger partial charge in [0.25, 0.3) is 5.91 Å². The molecular weight excluding hydrogens is 507 g/mol. The number of benzene rings is 2. The lowest BCUT2D eigenvalue weighted by molar-refractivity contribution is 0.0997. The molecule has 0 atom stereocenters. The van der Waals surface area contributed by atoms with Crippen molar-refractivity contribution in [2.45, 2.75) is 13.3 Å². The fraction of sp³-hybridized carbons (Fsp3) is 0.250. The van der Waals surface area contributed by atoms with Gasteiger partial charge in [0.15, 0.2) is 5.69 Å². The van der Waals surface area contributed by atoms with Crippen molar-refractivity contribution in [1.82, 2.24) is 19.3 Å². The number of amides is 1. The molecule has 1 saturated heterocycles. The van der Waals surface area contributed by atoms with Crippen LogP contribution in [0.15, 0.2) is 67.0 Å². The fourth-order valence-corrected chi connectivity index (χ4v) is 5.29. The lowest BCUT2D eigenvalue weighted by Crippen LogP contribution is -2.47. The molecule has 0 aliphatic carbocycles. The summed E-state index contributed by atoms with van der Waals surface area (Å²) in [6, 6.07) is 21.1. The molecule has 0 bridgehead atoms. The summed E-state index contributed by atoms with van der Waals surface area (Å²) in [5.41, 5.74) is 12.3. The SMILES string of the molecule is Cc1ccc2c(N3CCN(CCc4cccc5c4ccc4c(C(N)=O)ncn45)CC3)cccc2n1.Cl.Cl. The summed E-state index contributed by atoms with van der Waals surface area (Å²) in [5.74, 6) is -0.503. The van der Waals surface area contributed by atoms with Gasteiger partial charge in [-0.3, -0.25) is 19.1 Å². The van der Waals surface area contributed by atoms with Crippen molar-refractivity contribution in [3.8, 4) is 0 Å². The number of hydrogen-bond donors (Lipinski definition) is 1. The van der Waals surface area contributed by atoms with Crippen LogP contribution in [0.3, 0.4) is 0 Å². The molecule has 1 aliphatic heterocycles. The Bertz CT molecular complexity index is 1580. The fourth-order valence-electron chi connectivity index (χ4n) is 5.29. The van der Waals surface area contributed by atoms with E-state index in [9.17, 15) is 4.79 Å². The van der Waals surface area contributed by atoms with Gasteiger partial charge in [-0.1, -0.05) is 24.3 Å². The van der Waals surface area contributed by atoms with Gasteiger partial charge in [0.2, 0.25) is 0 Å². The van der Waals surface area contributed by atoms with E-state index in [1.165, 1.54) is 22.0 Å². The van der Waals surface area contributed by atoms with Crippen LogP contribution in [0.4, 0.5) is 5.69 Å². The van der Waals surface area contributed by atoms with Crippen molar-refractivity contribution < 1.29 is 4.79 Å². The first-order valence-electron chi connectivity index (χ1n) is 12.1. The monoisotopic (exact) mass is 536 g/mol. The molecule has 4 heterocycles. The van der Waals surface area contributed by atoms with Gasteiger partial charge >= 0.3 is 0 Å². The Morgan fingerprint density at radius 2 is 1.65 bits per heavy atom. The third-order valence-corrected chi connectivity index (χ3v) is 7.14. The lowest BCUT2D eigenvalue weighted by Gasteiger charge is -2.36. The lowest BCUT2D eigenvalue weighted by atomic mass is 10.0. The number of halogens is 2. The predicted octanol–water partition coefficient (Wildman–Crippen LogP) is 4.65. The average Bonchev–Trinajstić information content (AvgIpc) is 3.32. The van der Waals surface area contributed by atoms with E-state index < -0.39 is 5.91 Å². The average molecular weight is 537 g/mol. The third-order valence-electron chi connectivity index (χ3n) is 7.14. The molecule has 0 unspecified atom stereocenters. The van der Waals surface area contributed by atoms with Crippen molar-refractivity contribution >= 4 is 63.7 Å². The van der Waals surface area contributed by atoms with Crippen molar-refractivity contribution in [3.05, 3.63) is 83.9 Å². The molecule has 9 heteroatoms. The number of aromatic nitrogens is 3. The molecule has 1 fully saturated rings. The summed E-state index contributed by atoms with van der Waals surface area (Å²) >= 11 is 0. The second-order valence-electron chi connectivity index (χ2n) is 9.27. The maximum absolute atomic E-state index is 11.7. The van der Waals surface area contributed by atoms with Crippen LogP contribution in [0, 0.1) is 6.92 Å². The maximum Gasteiger partial charge on any atom is 0.269 e. The second kappa shape index (κ2) is 10.9. The topological polar surface area (TPSA) is 79.8 Å². The highest BCUT2D eigenvalue weighted by Gasteiger charge is 2.19. The predicted molar refractivity (Wildman–Crippen MR) is 155 cm³/mol. The van der Waals surface area contributed by atoms with Gasteiger partial charge in [-0.25, -0.2) is 4.98 Å². The first-order chi connectivity index (χ1) is 17.1. The molecule has 3 aromatic heterocycles. The molecule has 1 aliphatic rings. The van der Waals surface area contributed by atoms with Crippen molar-refractivity contribution in [2.24, 2.45) is 5.73 Å². The van der Waals surface area contributed by atoms with E-state index in [2.05, 4.69) is 69.4 Å². The molecule has 6 rings (SSSR count). The number of nitrogens with zero attached hydrogens (tertiary/aromatic N) is 5. The van der Waals surface area contributed by atoms with E-state index in [1.807, 2.05) is 17.4 Å². The minimum absolute atomic E-state index is 0. The van der Waals surface area contributed by atoms with Crippen LogP contribution in [-0.2, 0) is 6.42 Å². The summed E-state index contributed by atoms with van der Waals surface area (Å²) in [5, 5.41) is 2.42. The number of nitrogens with two attached hydrogens (primary N) is 1. The molecular formula is C28H30Cl2N6O. The van der Waals surface area contributed by atoms with Gasteiger partial charge in [0.1, 0.15) is 6.33 Å².